The Balaban J connectivity index is 2.67. The third kappa shape index (κ3) is 4.44. The summed E-state index contributed by atoms with van der Waals surface area (Å²) in [7, 11) is 2.21. The van der Waals surface area contributed by atoms with Gasteiger partial charge in [0.25, 0.3) is 5.56 Å². The molecule has 0 fully saturated rings. The van der Waals surface area contributed by atoms with E-state index in [2.05, 4.69) is 4.74 Å². The third-order valence-electron chi connectivity index (χ3n) is 4.41. The van der Waals surface area contributed by atoms with Gasteiger partial charge >= 0.3 is 22.9 Å². The van der Waals surface area contributed by atoms with E-state index in [9.17, 15) is 34.1 Å². The number of methoxy groups -OCH3 is 1. The van der Waals surface area contributed by atoms with Gasteiger partial charge in [-0.2, -0.15) is 0 Å². The van der Waals surface area contributed by atoms with Gasteiger partial charge in [-0.3, -0.25) is 33.6 Å². The summed E-state index contributed by atoms with van der Waals surface area (Å²) >= 11 is 0. The molecule has 13 heteroatoms. The van der Waals surface area contributed by atoms with Gasteiger partial charge in [-0.05, 0) is 5.92 Å². The van der Waals surface area contributed by atoms with E-state index >= 15 is 0 Å². The van der Waals surface area contributed by atoms with Crippen molar-refractivity contribution in [3.63, 3.8) is 0 Å². The second kappa shape index (κ2) is 8.77. The van der Waals surface area contributed by atoms with E-state index in [4.69, 9.17) is 5.73 Å². The predicted octanol–water partition coefficient (Wildman–Crippen LogP) is -0.475. The van der Waals surface area contributed by atoms with Crippen LogP contribution in [-0.2, 0) is 24.9 Å². The molecule has 0 bridgehead atoms. The molecule has 2 N–H and O–H groups in total. The number of ether oxygens (including phenoxy) is 1. The molecular weight excluding hydrogens is 414 g/mol. The fourth-order valence-corrected chi connectivity index (χ4v) is 2.92. The number of carbonyl (C=O) groups is 2. The molecule has 0 saturated heterocycles. The number of hydrogen-bond acceptors (Lipinski definition) is 9. The van der Waals surface area contributed by atoms with Crippen molar-refractivity contribution in [2.45, 2.75) is 26.9 Å². The van der Waals surface area contributed by atoms with Crippen molar-refractivity contribution < 1.29 is 19.2 Å². The van der Waals surface area contributed by atoms with E-state index in [1.165, 1.54) is 7.05 Å². The summed E-state index contributed by atoms with van der Waals surface area (Å²) in [6, 6.07) is 0.728. The van der Waals surface area contributed by atoms with E-state index in [1.807, 2.05) is 0 Å². The summed E-state index contributed by atoms with van der Waals surface area (Å²) in [6.45, 7) is 2.90. The van der Waals surface area contributed by atoms with Gasteiger partial charge in [0.05, 0.1) is 24.1 Å². The minimum Gasteiger partial charge on any atom is -0.465 e. The van der Waals surface area contributed by atoms with Crippen LogP contribution in [0.1, 0.15) is 34.6 Å². The number of carbonyl (C=O) groups excluding carboxylic acids is 2. The topological polar surface area (TPSA) is 179 Å². The second-order valence-corrected chi connectivity index (χ2v) is 7.13. The number of aromatic nitrogens is 3. The quantitative estimate of drug-likeness (QED) is 0.260. The zero-order valence-corrected chi connectivity index (χ0v) is 17.3. The molecule has 2 heterocycles. The molecular formula is C18H21N5O8. The van der Waals surface area contributed by atoms with E-state index in [0.29, 0.717) is 9.13 Å². The first-order valence-corrected chi connectivity index (χ1v) is 9.00. The van der Waals surface area contributed by atoms with Crippen LogP contribution in [0.4, 0.5) is 11.5 Å². The highest BCUT2D eigenvalue weighted by atomic mass is 16.6. The number of anilines is 1. The van der Waals surface area contributed by atoms with Gasteiger partial charge < -0.3 is 15.0 Å². The van der Waals surface area contributed by atoms with Crippen LogP contribution >= 0.6 is 0 Å². The molecule has 0 spiro atoms. The van der Waals surface area contributed by atoms with Crippen LogP contribution in [0.3, 0.4) is 0 Å². The van der Waals surface area contributed by atoms with Crippen LogP contribution in [-0.4, -0.2) is 37.5 Å². The second-order valence-electron chi connectivity index (χ2n) is 7.13. The number of pyridine rings is 1. The fourth-order valence-electron chi connectivity index (χ4n) is 2.92. The van der Waals surface area contributed by atoms with Gasteiger partial charge in [0.1, 0.15) is 11.4 Å². The maximum Gasteiger partial charge on any atom is 0.339 e. The Morgan fingerprint density at radius 3 is 2.35 bits per heavy atom. The standard InChI is InChI=1S/C18H21N5O8/c1-9(2)6-22-14(19)13(16(26)20(3)18(22)28)12(24)8-21-7-10(17(27)31-4)5-11(15(21)25)23(29)30/h5,7,9H,6,8,19H2,1-4H3. The van der Waals surface area contributed by atoms with E-state index in [1.54, 1.807) is 13.8 Å². The number of esters is 1. The lowest BCUT2D eigenvalue weighted by molar-refractivity contribution is -0.386. The summed E-state index contributed by atoms with van der Waals surface area (Å²) in [5, 5.41) is 11.2. The number of nitrogens with two attached hydrogens (primary N) is 1. The maximum absolute atomic E-state index is 12.9. The van der Waals surface area contributed by atoms with Gasteiger partial charge in [-0.25, -0.2) is 9.59 Å². The molecule has 0 saturated carbocycles. The van der Waals surface area contributed by atoms with Crippen LogP contribution in [0, 0.1) is 16.0 Å². The average Bonchev–Trinajstić information content (AvgIpc) is 2.70. The first kappa shape index (κ1) is 23.3. The molecule has 2 rings (SSSR count). The van der Waals surface area contributed by atoms with Crippen LogP contribution in [0.5, 0.6) is 0 Å². The van der Waals surface area contributed by atoms with Crippen molar-refractivity contribution >= 4 is 23.3 Å². The molecule has 0 unspecified atom stereocenters. The highest BCUT2D eigenvalue weighted by Crippen LogP contribution is 2.12. The molecule has 0 radical (unpaired) electrons. The number of nitrogen functional groups attached to an aromatic ring is 1. The summed E-state index contributed by atoms with van der Waals surface area (Å²) in [5.41, 5.74) is 1.24. The number of Topliss-reactive ketones (excluding diaryl/α,β-unsaturated/α-hetero) is 1. The molecule has 0 aliphatic rings. The number of rotatable bonds is 7. The molecule has 0 amide bonds. The van der Waals surface area contributed by atoms with E-state index in [0.717, 1.165) is 23.9 Å². The Morgan fingerprint density at radius 1 is 1.23 bits per heavy atom. The third-order valence-corrected chi connectivity index (χ3v) is 4.41. The summed E-state index contributed by atoms with van der Waals surface area (Å²) in [6.07, 6.45) is 0.907. The first-order chi connectivity index (χ1) is 14.4. The van der Waals surface area contributed by atoms with E-state index < -0.39 is 51.3 Å². The van der Waals surface area contributed by atoms with Gasteiger partial charge in [0, 0.05) is 25.9 Å². The van der Waals surface area contributed by atoms with Crippen LogP contribution < -0.4 is 22.5 Å². The van der Waals surface area contributed by atoms with E-state index in [-0.39, 0.29) is 23.8 Å². The van der Waals surface area contributed by atoms with Crippen molar-refractivity contribution in [1.82, 2.24) is 13.7 Å². The first-order valence-electron chi connectivity index (χ1n) is 9.00. The molecule has 31 heavy (non-hydrogen) atoms. The Hall–Kier alpha value is -4.03. The van der Waals surface area contributed by atoms with Gasteiger partial charge in [0.15, 0.2) is 5.78 Å². The summed E-state index contributed by atoms with van der Waals surface area (Å²) in [4.78, 5) is 72.1. The summed E-state index contributed by atoms with van der Waals surface area (Å²) < 4.78 is 6.89. The molecule has 166 valence electrons. The predicted molar refractivity (Wildman–Crippen MR) is 108 cm³/mol. The molecule has 0 aliphatic heterocycles. The van der Waals surface area contributed by atoms with Crippen molar-refractivity contribution in [2.75, 3.05) is 12.8 Å². The Bertz CT molecular complexity index is 1250. The molecule has 2 aromatic rings. The monoisotopic (exact) mass is 435 g/mol. The normalized spacial score (nSPS) is 10.9. The number of ketones is 1. The minimum atomic E-state index is -1.17. The fraction of sp³-hybridized carbons (Fsp3) is 0.389. The van der Waals surface area contributed by atoms with Crippen molar-refractivity contribution in [3.05, 3.63) is 64.7 Å². The SMILES string of the molecule is COC(=O)c1cc([N+](=O)[O-])c(=O)n(CC(=O)c2c(N)n(CC(C)C)c(=O)n(C)c2=O)c1. The van der Waals surface area contributed by atoms with Crippen molar-refractivity contribution in [3.8, 4) is 0 Å². The molecule has 0 atom stereocenters. The van der Waals surface area contributed by atoms with Crippen LogP contribution in [0.15, 0.2) is 26.6 Å². The minimum absolute atomic E-state index is 0.0394. The lowest BCUT2D eigenvalue weighted by Gasteiger charge is -2.16. The zero-order valence-electron chi connectivity index (χ0n) is 17.3. The Morgan fingerprint density at radius 2 is 1.84 bits per heavy atom. The number of nitrogens with zero attached hydrogens (tertiary/aromatic N) is 4. The Labute approximate surface area is 174 Å². The average molecular weight is 435 g/mol. The van der Waals surface area contributed by atoms with Gasteiger partial charge in [-0.1, -0.05) is 13.8 Å². The van der Waals surface area contributed by atoms with Crippen molar-refractivity contribution in [1.29, 1.82) is 0 Å². The lowest BCUT2D eigenvalue weighted by Crippen LogP contribution is -2.44. The smallest absolute Gasteiger partial charge is 0.339 e. The van der Waals surface area contributed by atoms with Crippen molar-refractivity contribution in [2.24, 2.45) is 13.0 Å². The summed E-state index contributed by atoms with van der Waals surface area (Å²) in [5.74, 6) is -2.35. The highest BCUT2D eigenvalue weighted by Gasteiger charge is 2.25. The highest BCUT2D eigenvalue weighted by molar-refractivity contribution is 5.99. The van der Waals surface area contributed by atoms with Crippen LogP contribution in [0.2, 0.25) is 0 Å². The van der Waals surface area contributed by atoms with Gasteiger partial charge in [-0.15, -0.1) is 0 Å². The Kier molecular flexibility index (Phi) is 6.58. The maximum atomic E-state index is 12.9. The molecule has 2 aromatic heterocycles. The van der Waals surface area contributed by atoms with Gasteiger partial charge in [0.2, 0.25) is 0 Å². The lowest BCUT2D eigenvalue weighted by atomic mass is 10.1. The largest absolute Gasteiger partial charge is 0.465 e. The number of hydrogen-bond donors (Lipinski definition) is 1. The zero-order chi connectivity index (χ0) is 23.6. The number of nitro groups is 1. The molecule has 13 nitrogen and oxygen atoms in total. The molecule has 0 aliphatic carbocycles. The molecule has 0 aromatic carbocycles. The van der Waals surface area contributed by atoms with Crippen LogP contribution in [0.25, 0.3) is 0 Å².